The molecular formula is C60H38N2O. The van der Waals surface area contributed by atoms with Crippen molar-refractivity contribution in [2.45, 2.75) is 0 Å². The molecule has 0 amide bonds. The van der Waals surface area contributed by atoms with Gasteiger partial charge >= 0.3 is 0 Å². The summed E-state index contributed by atoms with van der Waals surface area (Å²) in [4.78, 5) is 2.42. The molecule has 63 heavy (non-hydrogen) atoms. The van der Waals surface area contributed by atoms with Gasteiger partial charge in [0.1, 0.15) is 11.2 Å². The highest BCUT2D eigenvalue weighted by Gasteiger charge is 2.20. The van der Waals surface area contributed by atoms with Crippen LogP contribution in [0.25, 0.3) is 104 Å². The average Bonchev–Trinajstić information content (AvgIpc) is 3.91. The van der Waals surface area contributed by atoms with Crippen LogP contribution >= 0.6 is 0 Å². The fourth-order valence-corrected chi connectivity index (χ4v) is 10.0. The standard InChI is InChI=1S/C60H38N2O/c1-4-21-48-40(14-1)32-35-55-54-27-13-26-49(60(54)63-59(48)55)42-17-12-18-45(37-42)61(58-38-43-15-2-3-20-47(43)50-22-5-6-23-51(50)58)44-33-30-39(31-34-44)41-16-11-19-46(36-41)62-56-28-9-7-24-52(56)53-25-8-10-29-57(53)62/h1-38H. The molecule has 0 saturated heterocycles. The van der Waals surface area contributed by atoms with Gasteiger partial charge in [0.15, 0.2) is 0 Å². The van der Waals surface area contributed by atoms with E-state index in [1.54, 1.807) is 0 Å². The number of anilines is 3. The number of rotatable bonds is 6. The molecule has 0 N–H and O–H groups in total. The number of hydrogen-bond acceptors (Lipinski definition) is 2. The third kappa shape index (κ3) is 5.60. The molecule has 3 nitrogen and oxygen atoms in total. The Balaban J connectivity index is 0.968. The number of nitrogens with zero attached hydrogens (tertiary/aromatic N) is 2. The Kier molecular flexibility index (Phi) is 7.91. The van der Waals surface area contributed by atoms with E-state index in [0.29, 0.717) is 0 Å². The van der Waals surface area contributed by atoms with Crippen molar-refractivity contribution in [3.8, 4) is 27.9 Å². The lowest BCUT2D eigenvalue weighted by Crippen LogP contribution is -2.11. The van der Waals surface area contributed by atoms with Crippen LogP contribution < -0.4 is 4.90 Å². The normalized spacial score (nSPS) is 11.8. The largest absolute Gasteiger partial charge is 0.455 e. The van der Waals surface area contributed by atoms with E-state index in [2.05, 4.69) is 240 Å². The van der Waals surface area contributed by atoms with Crippen molar-refractivity contribution in [3.63, 3.8) is 0 Å². The Morgan fingerprint density at radius 1 is 0.317 bits per heavy atom. The zero-order valence-electron chi connectivity index (χ0n) is 34.2. The van der Waals surface area contributed by atoms with Crippen molar-refractivity contribution in [2.24, 2.45) is 0 Å². The summed E-state index contributed by atoms with van der Waals surface area (Å²) in [7, 11) is 0. The summed E-state index contributed by atoms with van der Waals surface area (Å²) in [5.41, 5.74) is 13.1. The van der Waals surface area contributed by atoms with Gasteiger partial charge in [-0.3, -0.25) is 0 Å². The Bertz CT molecular complexity index is 3870. The van der Waals surface area contributed by atoms with Crippen molar-refractivity contribution in [1.82, 2.24) is 4.57 Å². The average molecular weight is 803 g/mol. The molecule has 0 bridgehead atoms. The maximum Gasteiger partial charge on any atom is 0.143 e. The first-order chi connectivity index (χ1) is 31.2. The van der Waals surface area contributed by atoms with Crippen LogP contribution in [0.1, 0.15) is 0 Å². The molecule has 3 heteroatoms. The smallest absolute Gasteiger partial charge is 0.143 e. The SMILES string of the molecule is c1cc(-c2cccc3c2oc2c4ccccc4ccc32)cc(N(c2ccc(-c3cccc(-n4c5ccccc5c5ccccc54)c3)cc2)c2cc3ccccc3c3ccccc23)c1. The van der Waals surface area contributed by atoms with Crippen LogP contribution in [0.3, 0.4) is 0 Å². The zero-order chi connectivity index (χ0) is 41.4. The summed E-state index contributed by atoms with van der Waals surface area (Å²) in [6.07, 6.45) is 0. The van der Waals surface area contributed by atoms with Gasteiger partial charge in [-0.2, -0.15) is 0 Å². The van der Waals surface area contributed by atoms with Gasteiger partial charge in [0.2, 0.25) is 0 Å². The van der Waals surface area contributed by atoms with Crippen LogP contribution in [-0.4, -0.2) is 4.57 Å². The van der Waals surface area contributed by atoms with E-state index in [9.17, 15) is 0 Å². The molecule has 2 aromatic heterocycles. The van der Waals surface area contributed by atoms with E-state index >= 15 is 0 Å². The summed E-state index contributed by atoms with van der Waals surface area (Å²) in [5, 5.41) is 11.9. The molecule has 0 unspecified atom stereocenters. The molecule has 0 atom stereocenters. The van der Waals surface area contributed by atoms with Gasteiger partial charge in [-0.1, -0.05) is 170 Å². The van der Waals surface area contributed by atoms with Gasteiger partial charge in [0, 0.05) is 54.9 Å². The van der Waals surface area contributed by atoms with E-state index in [1.165, 1.54) is 48.7 Å². The van der Waals surface area contributed by atoms with E-state index in [0.717, 1.165) is 72.3 Å². The third-order valence-electron chi connectivity index (χ3n) is 12.9. The van der Waals surface area contributed by atoms with Gasteiger partial charge in [-0.25, -0.2) is 0 Å². The maximum absolute atomic E-state index is 6.84. The van der Waals surface area contributed by atoms with E-state index in [-0.39, 0.29) is 0 Å². The van der Waals surface area contributed by atoms with Crippen LogP contribution in [0.5, 0.6) is 0 Å². The highest BCUT2D eigenvalue weighted by Crippen LogP contribution is 2.45. The van der Waals surface area contributed by atoms with Crippen LogP contribution in [-0.2, 0) is 0 Å². The highest BCUT2D eigenvalue weighted by molar-refractivity contribution is 6.18. The first-order valence-electron chi connectivity index (χ1n) is 21.6. The van der Waals surface area contributed by atoms with Crippen molar-refractivity contribution in [3.05, 3.63) is 231 Å². The van der Waals surface area contributed by atoms with Crippen molar-refractivity contribution in [1.29, 1.82) is 0 Å². The fourth-order valence-electron chi connectivity index (χ4n) is 10.0. The summed E-state index contributed by atoms with van der Waals surface area (Å²) in [5.74, 6) is 0. The first kappa shape index (κ1) is 35.4. The molecule has 0 aliphatic rings. The molecule has 294 valence electrons. The van der Waals surface area contributed by atoms with Gasteiger partial charge in [0.05, 0.1) is 16.7 Å². The molecular weight excluding hydrogens is 765 g/mol. The number of fused-ring (bicyclic) bond motifs is 11. The molecule has 13 rings (SSSR count). The van der Waals surface area contributed by atoms with Crippen molar-refractivity contribution in [2.75, 3.05) is 4.90 Å². The number of hydrogen-bond donors (Lipinski definition) is 0. The Morgan fingerprint density at radius 2 is 0.921 bits per heavy atom. The Hall–Kier alpha value is -8.40. The summed E-state index contributed by atoms with van der Waals surface area (Å²) in [6, 6.07) is 83.5. The quantitative estimate of drug-likeness (QED) is 0.156. The lowest BCUT2D eigenvalue weighted by atomic mass is 9.97. The van der Waals surface area contributed by atoms with E-state index < -0.39 is 0 Å². The topological polar surface area (TPSA) is 21.3 Å². The van der Waals surface area contributed by atoms with Gasteiger partial charge in [-0.05, 0) is 98.9 Å². The fraction of sp³-hybridized carbons (Fsp3) is 0. The summed E-state index contributed by atoms with van der Waals surface area (Å²) < 4.78 is 9.23. The number of benzene rings is 11. The van der Waals surface area contributed by atoms with E-state index in [1.807, 2.05) is 0 Å². The monoisotopic (exact) mass is 802 g/mol. The summed E-state index contributed by atoms with van der Waals surface area (Å²) in [6.45, 7) is 0. The van der Waals surface area contributed by atoms with Crippen LogP contribution in [0.4, 0.5) is 17.1 Å². The molecule has 0 radical (unpaired) electrons. The zero-order valence-corrected chi connectivity index (χ0v) is 34.2. The van der Waals surface area contributed by atoms with Crippen molar-refractivity contribution < 1.29 is 4.42 Å². The minimum atomic E-state index is 0.899. The number of furan rings is 1. The predicted molar refractivity (Wildman–Crippen MR) is 266 cm³/mol. The summed E-state index contributed by atoms with van der Waals surface area (Å²) >= 11 is 0. The molecule has 0 spiro atoms. The molecule has 2 heterocycles. The van der Waals surface area contributed by atoms with Gasteiger partial charge < -0.3 is 13.9 Å². The molecule has 0 aliphatic carbocycles. The Labute approximate surface area is 363 Å². The second-order valence-corrected chi connectivity index (χ2v) is 16.5. The highest BCUT2D eigenvalue weighted by atomic mass is 16.3. The molecule has 0 aliphatic heterocycles. The lowest BCUT2D eigenvalue weighted by molar-refractivity contribution is 0.674. The second-order valence-electron chi connectivity index (χ2n) is 16.5. The Morgan fingerprint density at radius 3 is 1.71 bits per heavy atom. The second kappa shape index (κ2) is 14.1. The number of aromatic nitrogens is 1. The van der Waals surface area contributed by atoms with Crippen LogP contribution in [0.15, 0.2) is 235 Å². The number of para-hydroxylation sites is 3. The first-order valence-corrected chi connectivity index (χ1v) is 21.6. The predicted octanol–water partition coefficient (Wildman–Crippen LogP) is 16.9. The van der Waals surface area contributed by atoms with Crippen LogP contribution in [0.2, 0.25) is 0 Å². The third-order valence-corrected chi connectivity index (χ3v) is 12.9. The van der Waals surface area contributed by atoms with Crippen molar-refractivity contribution >= 4 is 93.1 Å². The van der Waals surface area contributed by atoms with Crippen LogP contribution in [0, 0.1) is 0 Å². The minimum absolute atomic E-state index is 0.899. The lowest BCUT2D eigenvalue weighted by Gasteiger charge is -2.28. The van der Waals surface area contributed by atoms with Gasteiger partial charge in [-0.15, -0.1) is 0 Å². The molecule has 0 fully saturated rings. The maximum atomic E-state index is 6.84. The molecule has 13 aromatic rings. The molecule has 0 saturated carbocycles. The van der Waals surface area contributed by atoms with Gasteiger partial charge in [0.25, 0.3) is 0 Å². The molecule has 11 aromatic carbocycles. The van der Waals surface area contributed by atoms with E-state index in [4.69, 9.17) is 4.42 Å². The minimum Gasteiger partial charge on any atom is -0.455 e.